The molecule has 4 N–H and O–H groups in total. The summed E-state index contributed by atoms with van der Waals surface area (Å²) >= 11 is 0. The van der Waals surface area contributed by atoms with Crippen molar-refractivity contribution in [2.75, 3.05) is 13.2 Å². The molecule has 4 nitrogen and oxygen atoms in total. The van der Waals surface area contributed by atoms with Crippen LogP contribution >= 0.6 is 0 Å². The minimum absolute atomic E-state index is 0.0176. The maximum absolute atomic E-state index is 13.0. The summed E-state index contributed by atoms with van der Waals surface area (Å²) in [6, 6.07) is 2.81. The van der Waals surface area contributed by atoms with Gasteiger partial charge in [0.05, 0.1) is 19.3 Å². The normalized spacial score (nSPS) is 13.1. The van der Waals surface area contributed by atoms with Crippen molar-refractivity contribution >= 4 is 0 Å². The second-order valence-electron chi connectivity index (χ2n) is 3.65. The monoisotopic (exact) mass is 229 g/mol. The fourth-order valence-electron chi connectivity index (χ4n) is 1.48. The van der Waals surface area contributed by atoms with Crippen molar-refractivity contribution in [3.8, 4) is 5.75 Å². The topological polar surface area (TPSA) is 72.7 Å². The number of phenolic OH excluding ortho intramolecular Hbond substituents is 1. The molecule has 0 bridgehead atoms. The number of phenols is 1. The fourth-order valence-corrected chi connectivity index (χ4v) is 1.48. The highest BCUT2D eigenvalue weighted by Gasteiger charge is 2.15. The summed E-state index contributed by atoms with van der Waals surface area (Å²) in [6.07, 6.45) is 0. The van der Waals surface area contributed by atoms with Crippen LogP contribution in [0.25, 0.3) is 0 Å². The summed E-state index contributed by atoms with van der Waals surface area (Å²) in [6.45, 7) is 1.26. The Hall–Kier alpha value is -1.17. The van der Waals surface area contributed by atoms with Crippen LogP contribution < -0.4 is 5.32 Å². The number of halogens is 1. The van der Waals surface area contributed by atoms with Gasteiger partial charge >= 0.3 is 0 Å². The van der Waals surface area contributed by atoms with Crippen molar-refractivity contribution in [1.82, 2.24) is 5.32 Å². The first-order valence-electron chi connectivity index (χ1n) is 5.04. The van der Waals surface area contributed by atoms with Crippen LogP contribution in [0.4, 0.5) is 4.39 Å². The largest absolute Gasteiger partial charge is 0.508 e. The summed E-state index contributed by atoms with van der Waals surface area (Å²) in [4.78, 5) is 0. The molecule has 0 heterocycles. The molecule has 16 heavy (non-hydrogen) atoms. The SMILES string of the molecule is CC(NC(CO)CO)c1cc(F)ccc1O. The zero-order chi connectivity index (χ0) is 12.1. The van der Waals surface area contributed by atoms with Gasteiger partial charge in [0.2, 0.25) is 0 Å². The molecule has 0 saturated heterocycles. The molecule has 0 aromatic heterocycles. The van der Waals surface area contributed by atoms with Gasteiger partial charge in [-0.3, -0.25) is 0 Å². The molecule has 1 atom stereocenters. The molecule has 0 amide bonds. The lowest BCUT2D eigenvalue weighted by atomic mass is 10.1. The van der Waals surface area contributed by atoms with Gasteiger partial charge in [-0.05, 0) is 25.1 Å². The third-order valence-corrected chi connectivity index (χ3v) is 2.38. The second kappa shape index (κ2) is 5.79. The zero-order valence-corrected chi connectivity index (χ0v) is 9.02. The predicted octanol–water partition coefficient (Wildman–Crippen LogP) is 0.535. The van der Waals surface area contributed by atoms with E-state index >= 15 is 0 Å². The molecule has 1 unspecified atom stereocenters. The van der Waals surface area contributed by atoms with Crippen LogP contribution in [0.5, 0.6) is 5.75 Å². The van der Waals surface area contributed by atoms with Crippen molar-refractivity contribution in [3.05, 3.63) is 29.6 Å². The summed E-state index contributed by atoms with van der Waals surface area (Å²) in [5.74, 6) is -0.456. The van der Waals surface area contributed by atoms with Gasteiger partial charge < -0.3 is 20.6 Å². The standard InChI is InChI=1S/C11H16FNO3/c1-7(13-9(5-14)6-15)10-4-8(12)2-3-11(10)16/h2-4,7,9,13-16H,5-6H2,1H3. The predicted molar refractivity (Wildman–Crippen MR) is 57.6 cm³/mol. The van der Waals surface area contributed by atoms with E-state index < -0.39 is 11.9 Å². The van der Waals surface area contributed by atoms with Crippen molar-refractivity contribution in [1.29, 1.82) is 0 Å². The number of hydrogen-bond acceptors (Lipinski definition) is 4. The van der Waals surface area contributed by atoms with Gasteiger partial charge in [0, 0.05) is 11.6 Å². The van der Waals surface area contributed by atoms with Crippen molar-refractivity contribution in [2.45, 2.75) is 19.0 Å². The zero-order valence-electron chi connectivity index (χ0n) is 9.02. The highest BCUT2D eigenvalue weighted by Crippen LogP contribution is 2.24. The van der Waals surface area contributed by atoms with Gasteiger partial charge in [-0.1, -0.05) is 0 Å². The Morgan fingerprint density at radius 1 is 1.31 bits per heavy atom. The van der Waals surface area contributed by atoms with Crippen LogP contribution in [0.1, 0.15) is 18.5 Å². The molecule has 0 aliphatic heterocycles. The molecular formula is C11H16FNO3. The number of aliphatic hydroxyl groups is 2. The van der Waals surface area contributed by atoms with E-state index in [1.54, 1.807) is 6.92 Å². The van der Waals surface area contributed by atoms with E-state index in [0.717, 1.165) is 0 Å². The third-order valence-electron chi connectivity index (χ3n) is 2.38. The molecule has 0 fully saturated rings. The minimum Gasteiger partial charge on any atom is -0.508 e. The molecule has 0 aliphatic rings. The van der Waals surface area contributed by atoms with Crippen LogP contribution in [-0.2, 0) is 0 Å². The van der Waals surface area contributed by atoms with E-state index in [-0.39, 0.29) is 25.0 Å². The van der Waals surface area contributed by atoms with Crippen molar-refractivity contribution in [2.24, 2.45) is 0 Å². The molecule has 0 aliphatic carbocycles. The number of hydrogen-bond donors (Lipinski definition) is 4. The van der Waals surface area contributed by atoms with E-state index in [1.165, 1.54) is 18.2 Å². The van der Waals surface area contributed by atoms with Gasteiger partial charge in [-0.15, -0.1) is 0 Å². The quantitative estimate of drug-likeness (QED) is 0.594. The number of benzene rings is 1. The van der Waals surface area contributed by atoms with Crippen LogP contribution in [0.3, 0.4) is 0 Å². The molecular weight excluding hydrogens is 213 g/mol. The molecule has 1 aromatic carbocycles. The molecule has 0 spiro atoms. The first kappa shape index (κ1) is 12.9. The second-order valence-corrected chi connectivity index (χ2v) is 3.65. The van der Waals surface area contributed by atoms with Gasteiger partial charge in [-0.25, -0.2) is 4.39 Å². The Balaban J connectivity index is 2.79. The first-order valence-corrected chi connectivity index (χ1v) is 5.04. The summed E-state index contributed by atoms with van der Waals surface area (Å²) in [7, 11) is 0. The maximum Gasteiger partial charge on any atom is 0.123 e. The molecule has 1 rings (SSSR count). The first-order chi connectivity index (χ1) is 7.58. The van der Waals surface area contributed by atoms with E-state index in [4.69, 9.17) is 10.2 Å². The number of aliphatic hydroxyl groups excluding tert-OH is 2. The number of nitrogens with one attached hydrogen (secondary N) is 1. The average Bonchev–Trinajstić information content (AvgIpc) is 2.28. The van der Waals surface area contributed by atoms with E-state index in [0.29, 0.717) is 5.56 Å². The number of rotatable bonds is 5. The van der Waals surface area contributed by atoms with Gasteiger partial charge in [-0.2, -0.15) is 0 Å². The highest BCUT2D eigenvalue weighted by atomic mass is 19.1. The van der Waals surface area contributed by atoms with E-state index in [1.807, 2.05) is 0 Å². The van der Waals surface area contributed by atoms with E-state index in [2.05, 4.69) is 5.32 Å². The van der Waals surface area contributed by atoms with Crippen molar-refractivity contribution in [3.63, 3.8) is 0 Å². The molecule has 90 valence electrons. The summed E-state index contributed by atoms with van der Waals surface area (Å²) in [5, 5.41) is 30.2. The van der Waals surface area contributed by atoms with Crippen LogP contribution in [0, 0.1) is 5.82 Å². The highest BCUT2D eigenvalue weighted by molar-refractivity contribution is 5.34. The van der Waals surface area contributed by atoms with E-state index in [9.17, 15) is 9.50 Å². The Kier molecular flexibility index (Phi) is 4.67. The van der Waals surface area contributed by atoms with Crippen LogP contribution in [0.2, 0.25) is 0 Å². The van der Waals surface area contributed by atoms with Crippen molar-refractivity contribution < 1.29 is 19.7 Å². The third kappa shape index (κ3) is 3.16. The summed E-state index contributed by atoms with van der Waals surface area (Å²) in [5.41, 5.74) is 0.395. The Morgan fingerprint density at radius 2 is 1.94 bits per heavy atom. The molecule has 0 radical (unpaired) electrons. The lowest BCUT2D eigenvalue weighted by Gasteiger charge is -2.20. The maximum atomic E-state index is 13.0. The fraction of sp³-hybridized carbons (Fsp3) is 0.455. The van der Waals surface area contributed by atoms with Gasteiger partial charge in [0.15, 0.2) is 0 Å². The molecule has 5 heteroatoms. The van der Waals surface area contributed by atoms with Crippen LogP contribution in [-0.4, -0.2) is 34.6 Å². The lowest BCUT2D eigenvalue weighted by molar-refractivity contribution is 0.163. The Morgan fingerprint density at radius 3 is 2.50 bits per heavy atom. The minimum atomic E-state index is -0.488. The lowest BCUT2D eigenvalue weighted by Crippen LogP contribution is -2.37. The Bertz CT molecular complexity index is 342. The van der Waals surface area contributed by atoms with Gasteiger partial charge in [0.25, 0.3) is 0 Å². The molecule has 0 saturated carbocycles. The van der Waals surface area contributed by atoms with Crippen LogP contribution in [0.15, 0.2) is 18.2 Å². The van der Waals surface area contributed by atoms with Gasteiger partial charge in [0.1, 0.15) is 11.6 Å². The Labute approximate surface area is 93.4 Å². The smallest absolute Gasteiger partial charge is 0.123 e. The number of aromatic hydroxyl groups is 1. The average molecular weight is 229 g/mol. The molecule has 1 aromatic rings. The summed E-state index contributed by atoms with van der Waals surface area (Å²) < 4.78 is 13.0.